The summed E-state index contributed by atoms with van der Waals surface area (Å²) in [7, 11) is 0. The molecule has 1 heterocycles. The number of pyridine rings is 1. The molecule has 0 aromatic carbocycles. The minimum absolute atomic E-state index is 0.251. The molecule has 23 heavy (non-hydrogen) atoms. The molecule has 1 amide bonds. The summed E-state index contributed by atoms with van der Waals surface area (Å²) in [6.07, 6.45) is 7.69. The summed E-state index contributed by atoms with van der Waals surface area (Å²) in [4.78, 5) is 20.7. The van der Waals surface area contributed by atoms with Gasteiger partial charge in [-0.05, 0) is 39.7 Å². The number of amidine groups is 1. The molecule has 1 aromatic rings. The number of carbonyl (C=O) groups excluding carboxylic acids is 1. The predicted molar refractivity (Wildman–Crippen MR) is 95.1 cm³/mol. The third-order valence-electron chi connectivity index (χ3n) is 3.80. The van der Waals surface area contributed by atoms with Crippen molar-refractivity contribution in [1.82, 2.24) is 4.98 Å². The molecule has 1 saturated carbocycles. The summed E-state index contributed by atoms with van der Waals surface area (Å²) < 4.78 is 0. The van der Waals surface area contributed by atoms with Gasteiger partial charge in [-0.3, -0.25) is 4.79 Å². The number of carbonyl (C=O) groups is 1. The standard InChI is InChI=1S/C17H27N5O/c1-11(2)20-14-9-15(17(23)21-12(3)18)16(19-10-14)22-13-7-5-4-6-8-13/h9-11,13,20H,4-8H2,1-3H3,(H,19,22)(H2,18,21,23). The van der Waals surface area contributed by atoms with E-state index in [9.17, 15) is 4.79 Å². The van der Waals surface area contributed by atoms with E-state index in [2.05, 4.69) is 20.6 Å². The van der Waals surface area contributed by atoms with Gasteiger partial charge in [0.2, 0.25) is 0 Å². The zero-order valence-electron chi connectivity index (χ0n) is 14.2. The summed E-state index contributed by atoms with van der Waals surface area (Å²) in [5, 5.41) is 6.68. The Morgan fingerprint density at radius 1 is 1.35 bits per heavy atom. The molecule has 0 saturated heterocycles. The average Bonchev–Trinajstić information content (AvgIpc) is 2.48. The number of hydrogen-bond acceptors (Lipinski definition) is 4. The highest BCUT2D eigenvalue weighted by molar-refractivity contribution is 6.05. The molecular weight excluding hydrogens is 290 g/mol. The van der Waals surface area contributed by atoms with Crippen molar-refractivity contribution in [2.75, 3.05) is 10.6 Å². The Morgan fingerprint density at radius 2 is 2.04 bits per heavy atom. The Kier molecular flexibility index (Phi) is 5.96. The maximum absolute atomic E-state index is 12.4. The summed E-state index contributed by atoms with van der Waals surface area (Å²) in [6.45, 7) is 5.69. The van der Waals surface area contributed by atoms with Crippen LogP contribution in [0.1, 0.15) is 63.2 Å². The quantitative estimate of drug-likeness (QED) is 0.573. The minimum Gasteiger partial charge on any atom is -0.387 e. The zero-order chi connectivity index (χ0) is 16.8. The van der Waals surface area contributed by atoms with E-state index >= 15 is 0 Å². The van der Waals surface area contributed by atoms with Gasteiger partial charge in [0.1, 0.15) is 11.7 Å². The van der Waals surface area contributed by atoms with E-state index in [1.807, 2.05) is 13.8 Å². The highest BCUT2D eigenvalue weighted by Crippen LogP contribution is 2.25. The minimum atomic E-state index is -0.358. The van der Waals surface area contributed by atoms with Crippen LogP contribution in [0.2, 0.25) is 0 Å². The van der Waals surface area contributed by atoms with Crippen molar-refractivity contribution < 1.29 is 4.79 Å². The smallest absolute Gasteiger partial charge is 0.282 e. The summed E-state index contributed by atoms with van der Waals surface area (Å²) in [5.74, 6) is 0.491. The second-order valence-corrected chi connectivity index (χ2v) is 6.46. The maximum Gasteiger partial charge on any atom is 0.282 e. The van der Waals surface area contributed by atoms with Crippen LogP contribution >= 0.6 is 0 Å². The number of aliphatic imine (C=N–C) groups is 1. The molecule has 0 spiro atoms. The van der Waals surface area contributed by atoms with Crippen LogP contribution in [0, 0.1) is 0 Å². The molecule has 0 atom stereocenters. The third-order valence-corrected chi connectivity index (χ3v) is 3.80. The lowest BCUT2D eigenvalue weighted by atomic mass is 9.95. The first-order chi connectivity index (χ1) is 11.0. The molecule has 0 bridgehead atoms. The van der Waals surface area contributed by atoms with Gasteiger partial charge in [0.15, 0.2) is 0 Å². The van der Waals surface area contributed by atoms with Gasteiger partial charge in [0.25, 0.3) is 5.91 Å². The van der Waals surface area contributed by atoms with Crippen molar-refractivity contribution in [2.45, 2.75) is 65.0 Å². The molecule has 0 radical (unpaired) electrons. The van der Waals surface area contributed by atoms with Crippen LogP contribution in [-0.4, -0.2) is 28.8 Å². The molecule has 2 rings (SSSR count). The van der Waals surface area contributed by atoms with Crippen LogP contribution in [0.3, 0.4) is 0 Å². The van der Waals surface area contributed by atoms with Crippen molar-refractivity contribution >= 4 is 23.2 Å². The second kappa shape index (κ2) is 7.94. The molecular formula is C17H27N5O. The molecule has 126 valence electrons. The zero-order valence-corrected chi connectivity index (χ0v) is 14.2. The lowest BCUT2D eigenvalue weighted by molar-refractivity contribution is 0.100. The number of hydrogen-bond donors (Lipinski definition) is 3. The Bertz CT molecular complexity index is 572. The van der Waals surface area contributed by atoms with Gasteiger partial charge in [-0.2, -0.15) is 4.99 Å². The summed E-state index contributed by atoms with van der Waals surface area (Å²) in [6, 6.07) is 2.43. The van der Waals surface area contributed by atoms with E-state index in [-0.39, 0.29) is 17.8 Å². The van der Waals surface area contributed by atoms with Gasteiger partial charge >= 0.3 is 0 Å². The van der Waals surface area contributed by atoms with E-state index in [4.69, 9.17) is 5.73 Å². The average molecular weight is 317 g/mol. The highest BCUT2D eigenvalue weighted by atomic mass is 16.1. The van der Waals surface area contributed by atoms with Crippen LogP contribution in [0.25, 0.3) is 0 Å². The molecule has 0 aliphatic heterocycles. The van der Waals surface area contributed by atoms with Gasteiger partial charge in [-0.15, -0.1) is 0 Å². The van der Waals surface area contributed by atoms with Crippen LogP contribution in [0.5, 0.6) is 0 Å². The SMILES string of the molecule is CC(N)=NC(=O)c1cc(NC(C)C)cnc1NC1CCCCC1. The van der Waals surface area contributed by atoms with E-state index in [1.165, 1.54) is 19.3 Å². The second-order valence-electron chi connectivity index (χ2n) is 6.46. The third kappa shape index (κ3) is 5.23. The predicted octanol–water partition coefficient (Wildman–Crippen LogP) is 3.16. The van der Waals surface area contributed by atoms with E-state index < -0.39 is 0 Å². The molecule has 6 heteroatoms. The molecule has 1 aromatic heterocycles. The first-order valence-corrected chi connectivity index (χ1v) is 8.34. The Balaban J connectivity index is 2.27. The first-order valence-electron chi connectivity index (χ1n) is 8.34. The number of aromatic nitrogens is 1. The number of nitrogens with zero attached hydrogens (tertiary/aromatic N) is 2. The number of rotatable bonds is 5. The lowest BCUT2D eigenvalue weighted by Gasteiger charge is -2.24. The van der Waals surface area contributed by atoms with E-state index in [0.29, 0.717) is 17.4 Å². The topological polar surface area (TPSA) is 92.4 Å². The van der Waals surface area contributed by atoms with E-state index in [0.717, 1.165) is 18.5 Å². The fraction of sp³-hybridized carbons (Fsp3) is 0.588. The van der Waals surface area contributed by atoms with Gasteiger partial charge in [-0.25, -0.2) is 4.98 Å². The van der Waals surface area contributed by atoms with Gasteiger partial charge in [0.05, 0.1) is 17.4 Å². The van der Waals surface area contributed by atoms with E-state index in [1.54, 1.807) is 19.2 Å². The highest BCUT2D eigenvalue weighted by Gasteiger charge is 2.19. The maximum atomic E-state index is 12.4. The summed E-state index contributed by atoms with van der Waals surface area (Å²) >= 11 is 0. The molecule has 0 unspecified atom stereocenters. The van der Waals surface area contributed by atoms with Crippen LogP contribution in [-0.2, 0) is 0 Å². The normalized spacial score (nSPS) is 16.4. The van der Waals surface area contributed by atoms with Gasteiger partial charge in [-0.1, -0.05) is 19.3 Å². The van der Waals surface area contributed by atoms with Crippen molar-refractivity contribution in [3.63, 3.8) is 0 Å². The molecule has 4 N–H and O–H groups in total. The fourth-order valence-corrected chi connectivity index (χ4v) is 2.82. The number of nitrogens with two attached hydrogens (primary N) is 1. The molecule has 1 fully saturated rings. The number of anilines is 2. The Hall–Kier alpha value is -2.11. The Morgan fingerprint density at radius 3 is 2.65 bits per heavy atom. The molecule has 1 aliphatic carbocycles. The molecule has 6 nitrogen and oxygen atoms in total. The van der Waals surface area contributed by atoms with Crippen molar-refractivity contribution in [1.29, 1.82) is 0 Å². The summed E-state index contributed by atoms with van der Waals surface area (Å²) in [5.41, 5.74) is 6.83. The van der Waals surface area contributed by atoms with Gasteiger partial charge < -0.3 is 16.4 Å². The number of nitrogens with one attached hydrogen (secondary N) is 2. The first kappa shape index (κ1) is 17.2. The van der Waals surface area contributed by atoms with Crippen molar-refractivity contribution in [3.8, 4) is 0 Å². The van der Waals surface area contributed by atoms with Crippen LogP contribution < -0.4 is 16.4 Å². The van der Waals surface area contributed by atoms with Crippen molar-refractivity contribution in [2.24, 2.45) is 10.7 Å². The van der Waals surface area contributed by atoms with Crippen molar-refractivity contribution in [3.05, 3.63) is 17.8 Å². The largest absolute Gasteiger partial charge is 0.387 e. The fourth-order valence-electron chi connectivity index (χ4n) is 2.82. The number of amides is 1. The van der Waals surface area contributed by atoms with Crippen LogP contribution in [0.4, 0.5) is 11.5 Å². The molecule has 1 aliphatic rings. The Labute approximate surface area is 138 Å². The van der Waals surface area contributed by atoms with Gasteiger partial charge in [0, 0.05) is 12.1 Å². The lowest BCUT2D eigenvalue weighted by Crippen LogP contribution is -2.24. The van der Waals surface area contributed by atoms with Crippen LogP contribution in [0.15, 0.2) is 17.3 Å². The monoisotopic (exact) mass is 317 g/mol.